The van der Waals surface area contributed by atoms with Gasteiger partial charge in [-0.1, -0.05) is 0 Å². The summed E-state index contributed by atoms with van der Waals surface area (Å²) in [5, 5.41) is 0. The van der Waals surface area contributed by atoms with Gasteiger partial charge in [-0.3, -0.25) is 0 Å². The molecule has 0 radical (unpaired) electrons. The molecule has 0 saturated carbocycles. The molecular weight excluding hydrogens is 300 g/mol. The van der Waals surface area contributed by atoms with E-state index < -0.39 is 0 Å². The average Bonchev–Trinajstić information content (AvgIpc) is 2.29. The minimum absolute atomic E-state index is 0.728. The Morgan fingerprint density at radius 3 is 3.12 bits per heavy atom. The van der Waals surface area contributed by atoms with Crippen molar-refractivity contribution in [3.8, 4) is 0 Å². The van der Waals surface area contributed by atoms with Gasteiger partial charge in [0.15, 0.2) is 0 Å². The van der Waals surface area contributed by atoms with Crippen molar-refractivity contribution in [2.75, 3.05) is 23.9 Å². The van der Waals surface area contributed by atoms with Crippen LogP contribution in [0.2, 0.25) is 0 Å². The van der Waals surface area contributed by atoms with Gasteiger partial charge in [-0.05, 0) is 59.7 Å². The minimum Gasteiger partial charge on any atom is -0.356 e. The summed E-state index contributed by atoms with van der Waals surface area (Å²) in [5.74, 6) is 2.63. The zero-order valence-electron chi connectivity index (χ0n) is 10.1. The van der Waals surface area contributed by atoms with Gasteiger partial charge in [0.1, 0.15) is 5.82 Å². The molecule has 17 heavy (non-hydrogen) atoms. The van der Waals surface area contributed by atoms with E-state index in [1.54, 1.807) is 0 Å². The lowest BCUT2D eigenvalue weighted by molar-refractivity contribution is 0.404. The van der Waals surface area contributed by atoms with Crippen LogP contribution in [-0.2, 0) is 0 Å². The monoisotopic (exact) mass is 316 g/mol. The zero-order chi connectivity index (χ0) is 12.3. The fourth-order valence-electron chi connectivity index (χ4n) is 2.51. The number of alkyl halides is 1. The highest BCUT2D eigenvalue weighted by molar-refractivity contribution is 9.10. The summed E-state index contributed by atoms with van der Waals surface area (Å²) in [6.45, 7) is 4.34. The number of anilines is 1. The van der Waals surface area contributed by atoms with E-state index in [4.69, 9.17) is 11.6 Å². The molecular formula is C13H18BrClN2. The standard InChI is InChI=1S/C13H18BrClN2/c1-10-7-12(14)8-16-13(10)17-6-2-3-11(9-17)4-5-15/h7-8,11H,2-6,9H2,1H3. The largest absolute Gasteiger partial charge is 0.356 e. The van der Waals surface area contributed by atoms with Crippen molar-refractivity contribution in [3.63, 3.8) is 0 Å². The number of hydrogen-bond acceptors (Lipinski definition) is 2. The first-order valence-corrected chi connectivity index (χ1v) is 7.46. The predicted octanol–water partition coefficient (Wildman–Crippen LogP) is 4.00. The smallest absolute Gasteiger partial charge is 0.131 e. The van der Waals surface area contributed by atoms with Crippen molar-refractivity contribution in [2.24, 2.45) is 5.92 Å². The molecule has 4 heteroatoms. The van der Waals surface area contributed by atoms with Gasteiger partial charge in [0.05, 0.1) is 0 Å². The summed E-state index contributed by atoms with van der Waals surface area (Å²) in [7, 11) is 0. The highest BCUT2D eigenvalue weighted by Crippen LogP contribution is 2.27. The van der Waals surface area contributed by atoms with E-state index in [0.29, 0.717) is 0 Å². The molecule has 1 atom stereocenters. The quantitative estimate of drug-likeness (QED) is 0.783. The summed E-state index contributed by atoms with van der Waals surface area (Å²) < 4.78 is 1.05. The molecule has 0 amide bonds. The normalized spacial score (nSPS) is 20.6. The second-order valence-corrected chi connectivity index (χ2v) is 6.02. The molecule has 1 fully saturated rings. The van der Waals surface area contributed by atoms with Crippen molar-refractivity contribution in [3.05, 3.63) is 22.3 Å². The van der Waals surface area contributed by atoms with Crippen LogP contribution in [0.3, 0.4) is 0 Å². The van der Waals surface area contributed by atoms with Crippen LogP contribution in [0.1, 0.15) is 24.8 Å². The van der Waals surface area contributed by atoms with Crippen LogP contribution < -0.4 is 4.90 Å². The molecule has 2 nitrogen and oxygen atoms in total. The molecule has 1 aromatic rings. The molecule has 2 heterocycles. The Hall–Kier alpha value is -0.280. The first kappa shape index (κ1) is 13.2. The lowest BCUT2D eigenvalue weighted by atomic mass is 9.95. The third kappa shape index (κ3) is 3.35. The lowest BCUT2D eigenvalue weighted by Crippen LogP contribution is -2.36. The van der Waals surface area contributed by atoms with Gasteiger partial charge in [0.25, 0.3) is 0 Å². The number of pyridine rings is 1. The molecule has 1 aliphatic heterocycles. The molecule has 0 spiro atoms. The maximum absolute atomic E-state index is 5.84. The summed E-state index contributed by atoms with van der Waals surface area (Å²) in [6.07, 6.45) is 5.55. The van der Waals surface area contributed by atoms with E-state index in [0.717, 1.165) is 41.6 Å². The van der Waals surface area contributed by atoms with E-state index in [9.17, 15) is 0 Å². The van der Waals surface area contributed by atoms with Gasteiger partial charge in [-0.25, -0.2) is 4.98 Å². The molecule has 2 rings (SSSR count). The number of halogens is 2. The molecule has 0 bridgehead atoms. The maximum atomic E-state index is 5.84. The topological polar surface area (TPSA) is 16.1 Å². The summed E-state index contributed by atoms with van der Waals surface area (Å²) in [5.41, 5.74) is 1.24. The number of hydrogen-bond donors (Lipinski definition) is 0. The Morgan fingerprint density at radius 1 is 1.59 bits per heavy atom. The fraction of sp³-hybridized carbons (Fsp3) is 0.615. The molecule has 1 unspecified atom stereocenters. The van der Waals surface area contributed by atoms with E-state index in [1.165, 1.54) is 18.4 Å². The Kier molecular flexibility index (Phi) is 4.69. The highest BCUT2D eigenvalue weighted by Gasteiger charge is 2.21. The maximum Gasteiger partial charge on any atom is 0.131 e. The first-order chi connectivity index (χ1) is 8.20. The summed E-state index contributed by atoms with van der Waals surface area (Å²) >= 11 is 9.30. The summed E-state index contributed by atoms with van der Waals surface area (Å²) in [4.78, 5) is 6.95. The summed E-state index contributed by atoms with van der Waals surface area (Å²) in [6, 6.07) is 2.13. The van der Waals surface area contributed by atoms with E-state index >= 15 is 0 Å². The van der Waals surface area contributed by atoms with Gasteiger partial charge < -0.3 is 4.90 Å². The molecule has 0 aliphatic carbocycles. The number of nitrogens with zero attached hydrogens (tertiary/aromatic N) is 2. The number of piperidine rings is 1. The molecule has 1 aliphatic rings. The molecule has 1 aromatic heterocycles. The van der Waals surface area contributed by atoms with Crippen LogP contribution in [0, 0.1) is 12.8 Å². The van der Waals surface area contributed by atoms with Crippen LogP contribution in [0.25, 0.3) is 0 Å². The fourth-order valence-corrected chi connectivity index (χ4v) is 3.27. The van der Waals surface area contributed by atoms with Crippen LogP contribution in [0.4, 0.5) is 5.82 Å². The van der Waals surface area contributed by atoms with E-state index in [2.05, 4.69) is 38.8 Å². The van der Waals surface area contributed by atoms with Crippen molar-refractivity contribution in [1.82, 2.24) is 4.98 Å². The SMILES string of the molecule is Cc1cc(Br)cnc1N1CCCC(CCCl)C1. The molecule has 0 N–H and O–H groups in total. The Morgan fingerprint density at radius 2 is 2.41 bits per heavy atom. The van der Waals surface area contributed by atoms with Gasteiger partial charge in [0.2, 0.25) is 0 Å². The second kappa shape index (κ2) is 6.05. The minimum atomic E-state index is 0.728. The Balaban J connectivity index is 2.10. The highest BCUT2D eigenvalue weighted by atomic mass is 79.9. The third-order valence-corrected chi connectivity index (χ3v) is 4.01. The first-order valence-electron chi connectivity index (χ1n) is 6.13. The van der Waals surface area contributed by atoms with Gasteiger partial charge in [-0.2, -0.15) is 0 Å². The van der Waals surface area contributed by atoms with Crippen molar-refractivity contribution >= 4 is 33.3 Å². The average molecular weight is 318 g/mol. The van der Waals surface area contributed by atoms with Crippen LogP contribution in [0.5, 0.6) is 0 Å². The van der Waals surface area contributed by atoms with Crippen LogP contribution >= 0.6 is 27.5 Å². The van der Waals surface area contributed by atoms with E-state index in [1.807, 2.05) is 6.20 Å². The molecule has 1 saturated heterocycles. The zero-order valence-corrected chi connectivity index (χ0v) is 12.5. The number of aromatic nitrogens is 1. The third-order valence-electron chi connectivity index (χ3n) is 3.35. The Labute approximate surface area is 116 Å². The van der Waals surface area contributed by atoms with Gasteiger partial charge in [0, 0.05) is 29.6 Å². The van der Waals surface area contributed by atoms with Crippen molar-refractivity contribution in [1.29, 1.82) is 0 Å². The molecule has 0 aromatic carbocycles. The van der Waals surface area contributed by atoms with Crippen LogP contribution in [-0.4, -0.2) is 24.0 Å². The van der Waals surface area contributed by atoms with Gasteiger partial charge in [-0.15, -0.1) is 11.6 Å². The molecule has 94 valence electrons. The van der Waals surface area contributed by atoms with Gasteiger partial charge >= 0.3 is 0 Å². The number of rotatable bonds is 3. The van der Waals surface area contributed by atoms with Crippen molar-refractivity contribution in [2.45, 2.75) is 26.2 Å². The predicted molar refractivity (Wildman–Crippen MR) is 76.9 cm³/mol. The number of aryl methyl sites for hydroxylation is 1. The van der Waals surface area contributed by atoms with E-state index in [-0.39, 0.29) is 0 Å². The van der Waals surface area contributed by atoms with Crippen molar-refractivity contribution < 1.29 is 0 Å². The Bertz CT molecular complexity index is 382. The van der Waals surface area contributed by atoms with Crippen LogP contribution in [0.15, 0.2) is 16.7 Å². The lowest BCUT2D eigenvalue weighted by Gasteiger charge is -2.34. The second-order valence-electron chi connectivity index (χ2n) is 4.73.